The third-order valence-electron chi connectivity index (χ3n) is 3.29. The molecule has 2 rings (SSSR count). The van der Waals surface area contributed by atoms with Crippen molar-refractivity contribution in [1.29, 1.82) is 0 Å². The molecule has 1 N–H and O–H groups in total. The summed E-state index contributed by atoms with van der Waals surface area (Å²) in [6.07, 6.45) is 1.05. The van der Waals surface area contributed by atoms with Crippen LogP contribution in [0.15, 0.2) is 34.1 Å². The molecule has 1 atom stereocenters. The lowest BCUT2D eigenvalue weighted by Gasteiger charge is -2.20. The van der Waals surface area contributed by atoms with Gasteiger partial charge in [0, 0.05) is 17.3 Å². The molecule has 0 radical (unpaired) electrons. The number of aryl methyl sites for hydroxylation is 2. The largest absolute Gasteiger partial charge is 0.310 e. The summed E-state index contributed by atoms with van der Waals surface area (Å²) in [6.45, 7) is 7.51. The molecule has 0 saturated carbocycles. The van der Waals surface area contributed by atoms with Crippen LogP contribution in [0.25, 0.3) is 0 Å². The fraction of sp³-hybridized carbons (Fsp3) is 0.375. The van der Waals surface area contributed by atoms with Gasteiger partial charge in [0.15, 0.2) is 0 Å². The van der Waals surface area contributed by atoms with E-state index in [0.717, 1.165) is 13.0 Å². The fourth-order valence-corrected chi connectivity index (χ4v) is 3.95. The molecule has 0 saturated heterocycles. The first-order chi connectivity index (χ1) is 9.10. The standard InChI is InChI=1S/C16H20BrNS/c1-4-18-15(10-13-6-8-16(17)19-13)14-7-5-11(2)9-12(14)3/h5-9,15,18H,4,10H2,1-3H3. The summed E-state index contributed by atoms with van der Waals surface area (Å²) in [6, 6.07) is 11.5. The minimum Gasteiger partial charge on any atom is -0.310 e. The highest BCUT2D eigenvalue weighted by Gasteiger charge is 2.14. The zero-order chi connectivity index (χ0) is 13.8. The maximum Gasteiger partial charge on any atom is 0.0701 e. The number of hydrogen-bond donors (Lipinski definition) is 1. The summed E-state index contributed by atoms with van der Waals surface area (Å²) >= 11 is 5.36. The molecule has 1 aromatic carbocycles. The third kappa shape index (κ3) is 3.91. The van der Waals surface area contributed by atoms with E-state index in [1.165, 1.54) is 25.4 Å². The van der Waals surface area contributed by atoms with Crippen LogP contribution in [-0.2, 0) is 6.42 Å². The van der Waals surface area contributed by atoms with Crippen LogP contribution in [0.5, 0.6) is 0 Å². The van der Waals surface area contributed by atoms with E-state index in [2.05, 4.69) is 72.3 Å². The van der Waals surface area contributed by atoms with Crippen molar-refractivity contribution in [2.75, 3.05) is 6.54 Å². The highest BCUT2D eigenvalue weighted by molar-refractivity contribution is 9.11. The van der Waals surface area contributed by atoms with E-state index in [-0.39, 0.29) is 0 Å². The molecule has 1 aromatic heterocycles. The highest BCUT2D eigenvalue weighted by Crippen LogP contribution is 2.28. The van der Waals surface area contributed by atoms with Gasteiger partial charge in [-0.1, -0.05) is 30.7 Å². The van der Waals surface area contributed by atoms with Gasteiger partial charge in [-0.3, -0.25) is 0 Å². The Morgan fingerprint density at radius 1 is 1.21 bits per heavy atom. The van der Waals surface area contributed by atoms with Crippen molar-refractivity contribution in [3.8, 4) is 0 Å². The van der Waals surface area contributed by atoms with Gasteiger partial charge in [0.05, 0.1) is 3.79 Å². The lowest BCUT2D eigenvalue weighted by atomic mass is 9.96. The van der Waals surface area contributed by atoms with E-state index < -0.39 is 0 Å². The summed E-state index contributed by atoms with van der Waals surface area (Å²) in [4.78, 5) is 1.41. The predicted octanol–water partition coefficient (Wildman–Crippen LogP) is 5.02. The van der Waals surface area contributed by atoms with Gasteiger partial charge >= 0.3 is 0 Å². The van der Waals surface area contributed by atoms with E-state index in [0.29, 0.717) is 6.04 Å². The molecule has 102 valence electrons. The monoisotopic (exact) mass is 337 g/mol. The van der Waals surface area contributed by atoms with Crippen LogP contribution < -0.4 is 5.32 Å². The number of benzene rings is 1. The summed E-state index contributed by atoms with van der Waals surface area (Å²) < 4.78 is 1.21. The molecule has 1 nitrogen and oxygen atoms in total. The van der Waals surface area contributed by atoms with Crippen LogP contribution in [0.2, 0.25) is 0 Å². The van der Waals surface area contributed by atoms with Gasteiger partial charge in [0.25, 0.3) is 0 Å². The van der Waals surface area contributed by atoms with Gasteiger partial charge in [-0.15, -0.1) is 11.3 Å². The van der Waals surface area contributed by atoms with Crippen LogP contribution >= 0.6 is 27.3 Å². The smallest absolute Gasteiger partial charge is 0.0701 e. The number of rotatable bonds is 5. The summed E-state index contributed by atoms with van der Waals surface area (Å²) in [7, 11) is 0. The second kappa shape index (κ2) is 6.69. The molecule has 0 spiro atoms. The Kier molecular flexibility index (Phi) is 5.20. The van der Waals surface area contributed by atoms with Crippen molar-refractivity contribution in [3.63, 3.8) is 0 Å². The van der Waals surface area contributed by atoms with E-state index >= 15 is 0 Å². The Hall–Kier alpha value is -0.640. The van der Waals surface area contributed by atoms with Crippen molar-refractivity contribution >= 4 is 27.3 Å². The van der Waals surface area contributed by atoms with Crippen molar-refractivity contribution < 1.29 is 0 Å². The maximum atomic E-state index is 3.61. The molecular weight excluding hydrogens is 318 g/mol. The average Bonchev–Trinajstić information content (AvgIpc) is 2.74. The van der Waals surface area contributed by atoms with E-state index in [1.807, 2.05) is 11.3 Å². The molecule has 0 aliphatic heterocycles. The van der Waals surface area contributed by atoms with E-state index in [1.54, 1.807) is 0 Å². The molecule has 0 fully saturated rings. The summed E-state index contributed by atoms with van der Waals surface area (Å²) in [5, 5.41) is 3.61. The van der Waals surface area contributed by atoms with Crippen LogP contribution in [-0.4, -0.2) is 6.54 Å². The first-order valence-electron chi connectivity index (χ1n) is 6.65. The van der Waals surface area contributed by atoms with Crippen LogP contribution in [0.1, 0.15) is 34.5 Å². The summed E-state index contributed by atoms with van der Waals surface area (Å²) in [5.74, 6) is 0. The predicted molar refractivity (Wildman–Crippen MR) is 88.1 cm³/mol. The number of likely N-dealkylation sites (N-methyl/N-ethyl adjacent to an activating group) is 1. The third-order valence-corrected chi connectivity index (χ3v) is 4.93. The minimum atomic E-state index is 0.399. The zero-order valence-corrected chi connectivity index (χ0v) is 14.1. The number of nitrogens with one attached hydrogen (secondary N) is 1. The normalized spacial score (nSPS) is 12.6. The zero-order valence-electron chi connectivity index (χ0n) is 11.7. The molecular formula is C16H20BrNS. The van der Waals surface area contributed by atoms with Crippen molar-refractivity contribution in [2.45, 2.75) is 33.2 Å². The molecule has 3 heteroatoms. The molecule has 2 aromatic rings. The van der Waals surface area contributed by atoms with Gasteiger partial charge in [0.2, 0.25) is 0 Å². The lowest BCUT2D eigenvalue weighted by Crippen LogP contribution is -2.23. The number of thiophene rings is 1. The Labute approximate surface area is 128 Å². The quantitative estimate of drug-likeness (QED) is 0.807. The molecule has 1 unspecified atom stereocenters. The topological polar surface area (TPSA) is 12.0 Å². The van der Waals surface area contributed by atoms with Gasteiger partial charge in [-0.2, -0.15) is 0 Å². The Balaban J connectivity index is 2.23. The molecule has 0 aliphatic carbocycles. The molecule has 0 bridgehead atoms. The van der Waals surface area contributed by atoms with Gasteiger partial charge in [-0.25, -0.2) is 0 Å². The highest BCUT2D eigenvalue weighted by atomic mass is 79.9. The fourth-order valence-electron chi connectivity index (χ4n) is 2.42. The van der Waals surface area contributed by atoms with Crippen LogP contribution in [0, 0.1) is 13.8 Å². The lowest BCUT2D eigenvalue weighted by molar-refractivity contribution is 0.551. The Morgan fingerprint density at radius 3 is 2.58 bits per heavy atom. The number of halogens is 1. The van der Waals surface area contributed by atoms with Gasteiger partial charge in [0.1, 0.15) is 0 Å². The second-order valence-electron chi connectivity index (χ2n) is 4.88. The van der Waals surface area contributed by atoms with Crippen molar-refractivity contribution in [2.24, 2.45) is 0 Å². The molecule has 0 amide bonds. The Morgan fingerprint density at radius 2 is 2.00 bits per heavy atom. The van der Waals surface area contributed by atoms with Crippen LogP contribution in [0.4, 0.5) is 0 Å². The molecule has 0 aliphatic rings. The molecule has 1 heterocycles. The van der Waals surface area contributed by atoms with Crippen LogP contribution in [0.3, 0.4) is 0 Å². The van der Waals surface area contributed by atoms with Crippen molar-refractivity contribution in [3.05, 3.63) is 55.7 Å². The first kappa shape index (κ1) is 14.8. The maximum absolute atomic E-state index is 3.61. The van der Waals surface area contributed by atoms with Gasteiger partial charge in [-0.05, 0) is 59.6 Å². The first-order valence-corrected chi connectivity index (χ1v) is 8.26. The summed E-state index contributed by atoms with van der Waals surface area (Å²) in [5.41, 5.74) is 4.12. The van der Waals surface area contributed by atoms with E-state index in [4.69, 9.17) is 0 Å². The average molecular weight is 338 g/mol. The van der Waals surface area contributed by atoms with Crippen molar-refractivity contribution in [1.82, 2.24) is 5.32 Å². The van der Waals surface area contributed by atoms with E-state index in [9.17, 15) is 0 Å². The molecule has 19 heavy (non-hydrogen) atoms. The number of hydrogen-bond acceptors (Lipinski definition) is 2. The second-order valence-corrected chi connectivity index (χ2v) is 7.43. The van der Waals surface area contributed by atoms with Gasteiger partial charge < -0.3 is 5.32 Å². The SMILES string of the molecule is CCNC(Cc1ccc(Br)s1)c1ccc(C)cc1C. The minimum absolute atomic E-state index is 0.399. The Bertz CT molecular complexity index is 547.